The molecule has 2 aromatic rings. The molecule has 0 aliphatic heterocycles. The highest BCUT2D eigenvalue weighted by atomic mass is 32.2. The zero-order valence-corrected chi connectivity index (χ0v) is 11.3. The lowest BCUT2D eigenvalue weighted by molar-refractivity contribution is 1.27. The number of hydrazine groups is 1. The van der Waals surface area contributed by atoms with E-state index < -0.39 is 0 Å². The molecule has 0 aliphatic carbocycles. The molecule has 90 valence electrons. The predicted octanol–water partition coefficient (Wildman–Crippen LogP) is 3.17. The molecule has 1 heterocycles. The van der Waals surface area contributed by atoms with E-state index >= 15 is 0 Å². The quantitative estimate of drug-likeness (QED) is 0.644. The van der Waals surface area contributed by atoms with Crippen molar-refractivity contribution in [2.45, 2.75) is 18.4 Å². The van der Waals surface area contributed by atoms with Gasteiger partial charge in [-0.05, 0) is 18.1 Å². The van der Waals surface area contributed by atoms with Crippen molar-refractivity contribution in [3.63, 3.8) is 0 Å². The van der Waals surface area contributed by atoms with Gasteiger partial charge in [-0.2, -0.15) is 11.8 Å². The molecular weight excluding hydrogens is 250 g/mol. The molecule has 3 nitrogen and oxygen atoms in total. The number of nitrogens with two attached hydrogens (primary N) is 1. The minimum Gasteiger partial charge on any atom is -0.300 e. The van der Waals surface area contributed by atoms with Crippen LogP contribution in [0, 0.1) is 6.92 Å². The smallest absolute Gasteiger partial charge is 0.197 e. The van der Waals surface area contributed by atoms with Crippen molar-refractivity contribution in [3.05, 3.63) is 46.5 Å². The average Bonchev–Trinajstić information content (AvgIpc) is 2.80. The van der Waals surface area contributed by atoms with Crippen molar-refractivity contribution in [1.29, 1.82) is 0 Å². The number of anilines is 1. The number of benzene rings is 1. The number of thioether (sulfide) groups is 1. The van der Waals surface area contributed by atoms with Crippen LogP contribution in [0.4, 0.5) is 5.13 Å². The van der Waals surface area contributed by atoms with Crippen molar-refractivity contribution in [2.24, 2.45) is 5.84 Å². The standard InChI is InChI=1S/C12H15N3S2/c1-9-4-2-3-5-10(9)7-16-8-11-6-14-12(15-13)17-11/h2-6H,7-8,13H2,1H3,(H,14,15). The molecule has 5 heteroatoms. The van der Waals surface area contributed by atoms with Crippen LogP contribution >= 0.6 is 23.1 Å². The summed E-state index contributed by atoms with van der Waals surface area (Å²) in [6, 6.07) is 8.50. The van der Waals surface area contributed by atoms with Crippen LogP contribution in [0.15, 0.2) is 30.5 Å². The monoisotopic (exact) mass is 265 g/mol. The van der Waals surface area contributed by atoms with Crippen LogP contribution in [0.1, 0.15) is 16.0 Å². The number of aromatic nitrogens is 1. The Balaban J connectivity index is 1.85. The highest BCUT2D eigenvalue weighted by Gasteiger charge is 2.02. The molecule has 0 aliphatic rings. The van der Waals surface area contributed by atoms with Crippen LogP contribution in [-0.2, 0) is 11.5 Å². The van der Waals surface area contributed by atoms with Gasteiger partial charge < -0.3 is 0 Å². The summed E-state index contributed by atoms with van der Waals surface area (Å²) in [4.78, 5) is 5.39. The van der Waals surface area contributed by atoms with Crippen LogP contribution in [0.3, 0.4) is 0 Å². The molecule has 0 radical (unpaired) electrons. The summed E-state index contributed by atoms with van der Waals surface area (Å²) < 4.78 is 0. The molecule has 3 N–H and O–H groups in total. The van der Waals surface area contributed by atoms with Crippen molar-refractivity contribution in [1.82, 2.24) is 4.98 Å². The van der Waals surface area contributed by atoms with Crippen LogP contribution in [0.25, 0.3) is 0 Å². The fraction of sp³-hybridized carbons (Fsp3) is 0.250. The Kier molecular flexibility index (Phi) is 4.42. The van der Waals surface area contributed by atoms with E-state index in [1.165, 1.54) is 16.0 Å². The zero-order chi connectivity index (χ0) is 12.1. The van der Waals surface area contributed by atoms with Gasteiger partial charge in [0, 0.05) is 22.6 Å². The third-order valence-corrected chi connectivity index (χ3v) is 4.58. The third-order valence-electron chi connectivity index (χ3n) is 2.44. The van der Waals surface area contributed by atoms with Gasteiger partial charge in [-0.3, -0.25) is 5.43 Å². The molecule has 0 amide bonds. The zero-order valence-electron chi connectivity index (χ0n) is 9.64. The number of hydrogen-bond donors (Lipinski definition) is 2. The molecule has 17 heavy (non-hydrogen) atoms. The number of nitrogens with zero attached hydrogens (tertiary/aromatic N) is 1. The van der Waals surface area contributed by atoms with Gasteiger partial charge in [0.15, 0.2) is 5.13 Å². The second kappa shape index (κ2) is 6.05. The molecule has 1 aromatic carbocycles. The summed E-state index contributed by atoms with van der Waals surface area (Å²) in [5.41, 5.74) is 5.32. The summed E-state index contributed by atoms with van der Waals surface area (Å²) >= 11 is 3.50. The lowest BCUT2D eigenvalue weighted by atomic mass is 10.1. The largest absolute Gasteiger partial charge is 0.300 e. The molecule has 2 rings (SSSR count). The van der Waals surface area contributed by atoms with Gasteiger partial charge in [-0.15, -0.1) is 11.3 Å². The number of nitrogens with one attached hydrogen (secondary N) is 1. The second-order valence-corrected chi connectivity index (χ2v) is 5.80. The van der Waals surface area contributed by atoms with E-state index in [-0.39, 0.29) is 0 Å². The molecular formula is C12H15N3S2. The maximum absolute atomic E-state index is 5.29. The number of rotatable bonds is 5. The van der Waals surface area contributed by atoms with Crippen LogP contribution in [-0.4, -0.2) is 4.98 Å². The summed E-state index contributed by atoms with van der Waals surface area (Å²) in [5.74, 6) is 7.31. The number of aryl methyl sites for hydroxylation is 1. The van der Waals surface area contributed by atoms with Gasteiger partial charge in [0.25, 0.3) is 0 Å². The van der Waals surface area contributed by atoms with Gasteiger partial charge in [0.05, 0.1) is 0 Å². The Morgan fingerprint density at radius 1 is 1.35 bits per heavy atom. The Bertz CT molecular complexity index is 482. The lowest BCUT2D eigenvalue weighted by Crippen LogP contribution is -2.05. The minimum atomic E-state index is 0.775. The Morgan fingerprint density at radius 3 is 2.88 bits per heavy atom. The van der Waals surface area contributed by atoms with E-state index in [4.69, 9.17) is 5.84 Å². The molecule has 0 atom stereocenters. The SMILES string of the molecule is Cc1ccccc1CSCc1cnc(NN)s1. The summed E-state index contributed by atoms with van der Waals surface area (Å²) in [5, 5.41) is 0.775. The predicted molar refractivity (Wildman–Crippen MR) is 76.1 cm³/mol. The molecule has 0 spiro atoms. The molecule has 0 fully saturated rings. The number of nitrogen functional groups attached to an aromatic ring is 1. The molecule has 0 unspecified atom stereocenters. The highest BCUT2D eigenvalue weighted by Crippen LogP contribution is 2.24. The first-order valence-corrected chi connectivity index (χ1v) is 7.30. The molecule has 0 saturated carbocycles. The number of thiazole rings is 1. The molecule has 0 saturated heterocycles. The normalized spacial score (nSPS) is 10.5. The van der Waals surface area contributed by atoms with Gasteiger partial charge in [-0.25, -0.2) is 10.8 Å². The van der Waals surface area contributed by atoms with Crippen molar-refractivity contribution in [2.75, 3.05) is 5.43 Å². The maximum atomic E-state index is 5.29. The fourth-order valence-electron chi connectivity index (χ4n) is 1.47. The summed E-state index contributed by atoms with van der Waals surface area (Å²) in [7, 11) is 0. The highest BCUT2D eigenvalue weighted by molar-refractivity contribution is 7.97. The van der Waals surface area contributed by atoms with Gasteiger partial charge in [0.2, 0.25) is 0 Å². The van der Waals surface area contributed by atoms with Crippen molar-refractivity contribution in [3.8, 4) is 0 Å². The van der Waals surface area contributed by atoms with E-state index in [1.54, 1.807) is 11.3 Å². The molecule has 1 aromatic heterocycles. The molecule has 0 bridgehead atoms. The van der Waals surface area contributed by atoms with Crippen molar-refractivity contribution >= 4 is 28.2 Å². The summed E-state index contributed by atoms with van der Waals surface area (Å²) in [6.07, 6.45) is 1.88. The second-order valence-electron chi connectivity index (χ2n) is 3.70. The first-order chi connectivity index (χ1) is 8.29. The fourth-order valence-corrected chi connectivity index (χ4v) is 3.40. The first-order valence-electron chi connectivity index (χ1n) is 5.33. The van der Waals surface area contributed by atoms with Crippen LogP contribution in [0.5, 0.6) is 0 Å². The van der Waals surface area contributed by atoms with E-state index in [0.29, 0.717) is 0 Å². The first kappa shape index (κ1) is 12.4. The Hall–Kier alpha value is -1.04. The van der Waals surface area contributed by atoms with E-state index in [0.717, 1.165) is 16.6 Å². The van der Waals surface area contributed by atoms with Gasteiger partial charge in [0.1, 0.15) is 0 Å². The third kappa shape index (κ3) is 3.46. The van der Waals surface area contributed by atoms with E-state index in [2.05, 4.69) is 41.6 Å². The van der Waals surface area contributed by atoms with Gasteiger partial charge in [-0.1, -0.05) is 24.3 Å². The van der Waals surface area contributed by atoms with Crippen molar-refractivity contribution < 1.29 is 0 Å². The van der Waals surface area contributed by atoms with E-state index in [9.17, 15) is 0 Å². The lowest BCUT2D eigenvalue weighted by Gasteiger charge is -2.03. The van der Waals surface area contributed by atoms with Crippen LogP contribution in [0.2, 0.25) is 0 Å². The van der Waals surface area contributed by atoms with Crippen LogP contribution < -0.4 is 11.3 Å². The Labute approximate surface area is 109 Å². The summed E-state index contributed by atoms with van der Waals surface area (Å²) in [6.45, 7) is 2.15. The maximum Gasteiger partial charge on any atom is 0.197 e. The minimum absolute atomic E-state index is 0.775. The Morgan fingerprint density at radius 2 is 2.18 bits per heavy atom. The van der Waals surface area contributed by atoms with Gasteiger partial charge >= 0.3 is 0 Å². The number of hydrogen-bond acceptors (Lipinski definition) is 5. The topological polar surface area (TPSA) is 50.9 Å². The van der Waals surface area contributed by atoms with E-state index in [1.807, 2.05) is 18.0 Å². The average molecular weight is 265 g/mol.